The Morgan fingerprint density at radius 2 is 1.86 bits per heavy atom. The van der Waals surface area contributed by atoms with E-state index in [9.17, 15) is 13.6 Å². The molecule has 1 unspecified atom stereocenters. The van der Waals surface area contributed by atoms with Gasteiger partial charge in [-0.2, -0.15) is 0 Å². The molecular weight excluding hydrogens is 290 g/mol. The van der Waals surface area contributed by atoms with E-state index in [1.807, 2.05) is 6.92 Å². The third kappa shape index (κ3) is 6.39. The van der Waals surface area contributed by atoms with E-state index in [4.69, 9.17) is 4.74 Å². The summed E-state index contributed by atoms with van der Waals surface area (Å²) in [5, 5.41) is 5.68. The average Bonchev–Trinajstić information content (AvgIpc) is 2.38. The molecule has 124 valence electrons. The van der Waals surface area contributed by atoms with Crippen LogP contribution in [0.15, 0.2) is 18.2 Å². The number of benzene rings is 1. The molecule has 0 aliphatic rings. The molecular formula is C16H24F2N2O2. The summed E-state index contributed by atoms with van der Waals surface area (Å²) in [4.78, 5) is 11.7. The Kier molecular flexibility index (Phi) is 6.74. The normalized spacial score (nSPS) is 12.8. The number of halogens is 2. The minimum absolute atomic E-state index is 0.00498. The zero-order valence-corrected chi connectivity index (χ0v) is 13.5. The first-order valence-electron chi connectivity index (χ1n) is 7.36. The van der Waals surface area contributed by atoms with Gasteiger partial charge in [-0.3, -0.25) is 0 Å². The summed E-state index contributed by atoms with van der Waals surface area (Å²) in [6.45, 7) is 7.72. The van der Waals surface area contributed by atoms with Crippen molar-refractivity contribution in [1.82, 2.24) is 10.6 Å². The smallest absolute Gasteiger partial charge is 0.407 e. The minimum Gasteiger partial charge on any atom is -0.444 e. The Morgan fingerprint density at radius 1 is 1.27 bits per heavy atom. The summed E-state index contributed by atoms with van der Waals surface area (Å²) in [6.07, 6.45) is 0.171. The first-order valence-corrected chi connectivity index (χ1v) is 7.36. The first kappa shape index (κ1) is 18.4. The highest BCUT2D eigenvalue weighted by atomic mass is 19.1. The minimum atomic E-state index is -0.583. The van der Waals surface area contributed by atoms with Crippen molar-refractivity contribution >= 4 is 6.09 Å². The SMILES string of the molecule is CCC(CNCc1c(F)cccc1F)NC(=O)OC(C)(C)C. The van der Waals surface area contributed by atoms with Crippen LogP contribution in [0.2, 0.25) is 0 Å². The standard InChI is InChI=1S/C16H24F2N2O2/c1-5-11(20-15(21)22-16(2,3)4)9-19-10-12-13(17)7-6-8-14(12)18/h6-8,11,19H,5,9-10H2,1-4H3,(H,20,21). The van der Waals surface area contributed by atoms with Crippen molar-refractivity contribution in [3.8, 4) is 0 Å². The molecule has 1 rings (SSSR count). The summed E-state index contributed by atoms with van der Waals surface area (Å²) in [6, 6.07) is 3.59. The van der Waals surface area contributed by atoms with Crippen molar-refractivity contribution < 1.29 is 18.3 Å². The van der Waals surface area contributed by atoms with Crippen LogP contribution in [0.4, 0.5) is 13.6 Å². The van der Waals surface area contributed by atoms with Gasteiger partial charge in [-0.1, -0.05) is 13.0 Å². The molecule has 0 aliphatic heterocycles. The monoisotopic (exact) mass is 314 g/mol. The fourth-order valence-corrected chi connectivity index (χ4v) is 1.84. The number of nitrogens with one attached hydrogen (secondary N) is 2. The van der Waals surface area contributed by atoms with Gasteiger partial charge in [0.1, 0.15) is 17.2 Å². The molecule has 1 atom stereocenters. The van der Waals surface area contributed by atoms with Crippen molar-refractivity contribution in [2.45, 2.75) is 52.3 Å². The predicted molar refractivity (Wildman–Crippen MR) is 81.5 cm³/mol. The summed E-state index contributed by atoms with van der Waals surface area (Å²) >= 11 is 0. The summed E-state index contributed by atoms with van der Waals surface area (Å²) in [7, 11) is 0. The zero-order chi connectivity index (χ0) is 16.8. The molecule has 2 N–H and O–H groups in total. The van der Waals surface area contributed by atoms with Crippen molar-refractivity contribution in [2.75, 3.05) is 6.54 Å². The highest BCUT2D eigenvalue weighted by Crippen LogP contribution is 2.11. The third-order valence-corrected chi connectivity index (χ3v) is 2.97. The predicted octanol–water partition coefficient (Wildman–Crippen LogP) is 3.36. The lowest BCUT2D eigenvalue weighted by Crippen LogP contribution is -2.43. The van der Waals surface area contributed by atoms with Crippen LogP contribution in [-0.2, 0) is 11.3 Å². The maximum atomic E-state index is 13.5. The van der Waals surface area contributed by atoms with E-state index < -0.39 is 23.3 Å². The Labute approximate surface area is 130 Å². The van der Waals surface area contributed by atoms with Gasteiger partial charge in [0, 0.05) is 24.7 Å². The second-order valence-electron chi connectivity index (χ2n) is 6.08. The van der Waals surface area contributed by atoms with Gasteiger partial charge in [-0.05, 0) is 39.3 Å². The van der Waals surface area contributed by atoms with Gasteiger partial charge in [-0.15, -0.1) is 0 Å². The molecule has 0 saturated carbocycles. The number of carbonyl (C=O) groups is 1. The van der Waals surface area contributed by atoms with Gasteiger partial charge in [0.2, 0.25) is 0 Å². The molecule has 0 bridgehead atoms. The van der Waals surface area contributed by atoms with Gasteiger partial charge < -0.3 is 15.4 Å². The zero-order valence-electron chi connectivity index (χ0n) is 13.5. The van der Waals surface area contributed by atoms with Gasteiger partial charge in [0.05, 0.1) is 0 Å². The van der Waals surface area contributed by atoms with Crippen molar-refractivity contribution in [2.24, 2.45) is 0 Å². The fourth-order valence-electron chi connectivity index (χ4n) is 1.84. The molecule has 6 heteroatoms. The molecule has 0 spiro atoms. The molecule has 0 aromatic heterocycles. The summed E-state index contributed by atoms with van der Waals surface area (Å²) in [5.41, 5.74) is -0.568. The first-order chi connectivity index (χ1) is 10.2. The van der Waals surface area contributed by atoms with Crippen LogP contribution in [0.5, 0.6) is 0 Å². The largest absolute Gasteiger partial charge is 0.444 e. The van der Waals surface area contributed by atoms with Crippen LogP contribution in [0.25, 0.3) is 0 Å². The fraction of sp³-hybridized carbons (Fsp3) is 0.562. The molecule has 0 saturated heterocycles. The highest BCUT2D eigenvalue weighted by molar-refractivity contribution is 5.68. The summed E-state index contributed by atoms with van der Waals surface area (Å²) < 4.78 is 32.1. The molecule has 0 fully saturated rings. The van der Waals surface area contributed by atoms with E-state index in [1.54, 1.807) is 20.8 Å². The lowest BCUT2D eigenvalue weighted by molar-refractivity contribution is 0.0502. The Morgan fingerprint density at radius 3 is 2.36 bits per heavy atom. The van der Waals surface area contributed by atoms with Gasteiger partial charge in [0.15, 0.2) is 0 Å². The van der Waals surface area contributed by atoms with E-state index >= 15 is 0 Å². The van der Waals surface area contributed by atoms with Crippen molar-refractivity contribution in [3.05, 3.63) is 35.4 Å². The number of rotatable bonds is 6. The van der Waals surface area contributed by atoms with E-state index in [-0.39, 0.29) is 18.2 Å². The Bertz CT molecular complexity index is 481. The van der Waals surface area contributed by atoms with Crippen LogP contribution < -0.4 is 10.6 Å². The van der Waals surface area contributed by atoms with Crippen LogP contribution in [0, 0.1) is 11.6 Å². The topological polar surface area (TPSA) is 50.4 Å². The molecule has 0 radical (unpaired) electrons. The van der Waals surface area contributed by atoms with Crippen LogP contribution in [0.3, 0.4) is 0 Å². The Balaban J connectivity index is 2.46. The second-order valence-corrected chi connectivity index (χ2v) is 6.08. The number of amides is 1. The lowest BCUT2D eigenvalue weighted by atomic mass is 10.2. The number of carbonyl (C=O) groups excluding carboxylic acids is 1. The quantitative estimate of drug-likeness (QED) is 0.846. The second kappa shape index (κ2) is 8.08. The van der Waals surface area contributed by atoms with Gasteiger partial charge >= 0.3 is 6.09 Å². The van der Waals surface area contributed by atoms with Gasteiger partial charge in [-0.25, -0.2) is 13.6 Å². The maximum Gasteiger partial charge on any atom is 0.407 e. The molecule has 0 heterocycles. The van der Waals surface area contributed by atoms with E-state index in [1.165, 1.54) is 18.2 Å². The third-order valence-electron chi connectivity index (χ3n) is 2.97. The molecule has 22 heavy (non-hydrogen) atoms. The van der Waals surface area contributed by atoms with Crippen molar-refractivity contribution in [3.63, 3.8) is 0 Å². The lowest BCUT2D eigenvalue weighted by Gasteiger charge is -2.23. The maximum absolute atomic E-state index is 13.5. The van der Waals surface area contributed by atoms with Crippen LogP contribution in [-0.4, -0.2) is 24.3 Å². The van der Waals surface area contributed by atoms with Crippen LogP contribution in [0.1, 0.15) is 39.7 Å². The molecule has 4 nitrogen and oxygen atoms in total. The van der Waals surface area contributed by atoms with E-state index in [2.05, 4.69) is 10.6 Å². The van der Waals surface area contributed by atoms with E-state index in [0.717, 1.165) is 0 Å². The van der Waals surface area contributed by atoms with Gasteiger partial charge in [0.25, 0.3) is 0 Å². The number of hydrogen-bond acceptors (Lipinski definition) is 3. The molecule has 1 amide bonds. The summed E-state index contributed by atoms with van der Waals surface area (Å²) in [5.74, 6) is -1.17. The van der Waals surface area contributed by atoms with E-state index in [0.29, 0.717) is 13.0 Å². The number of alkyl carbamates (subject to hydrolysis) is 1. The van der Waals surface area contributed by atoms with Crippen molar-refractivity contribution in [1.29, 1.82) is 0 Å². The molecule has 1 aromatic carbocycles. The highest BCUT2D eigenvalue weighted by Gasteiger charge is 2.18. The molecule has 0 aliphatic carbocycles. The number of ether oxygens (including phenoxy) is 1. The molecule has 1 aromatic rings. The number of hydrogen-bond donors (Lipinski definition) is 2. The average molecular weight is 314 g/mol. The van der Waals surface area contributed by atoms with Crippen LogP contribution >= 0.6 is 0 Å². The Hall–Kier alpha value is -1.69.